The van der Waals surface area contributed by atoms with E-state index in [0.717, 1.165) is 16.8 Å². The van der Waals surface area contributed by atoms with E-state index < -0.39 is 0 Å². The molecule has 4 rings (SSSR count). The largest absolute Gasteiger partial charge is 0.330 e. The number of carbonyl (C=O) groups is 1. The molecule has 1 N–H and O–H groups in total. The number of hydrogen-bond donors (Lipinski definition) is 1. The number of amides is 1. The number of nitrogens with one attached hydrogen (secondary N) is 1. The summed E-state index contributed by atoms with van der Waals surface area (Å²) in [7, 11) is 1.75. The highest BCUT2D eigenvalue weighted by Crippen LogP contribution is 2.24. The average molecular weight is 438 g/mol. The van der Waals surface area contributed by atoms with Crippen molar-refractivity contribution in [2.45, 2.75) is 19.0 Å². The molecule has 8 nitrogen and oxygen atoms in total. The van der Waals surface area contributed by atoms with Crippen LogP contribution in [0.15, 0.2) is 52.1 Å². The predicted molar refractivity (Wildman–Crippen MR) is 115 cm³/mol. The summed E-state index contributed by atoms with van der Waals surface area (Å²) in [5.41, 5.74) is 3.49. The van der Waals surface area contributed by atoms with Gasteiger partial charge in [-0.1, -0.05) is 29.1 Å². The first-order valence-corrected chi connectivity index (χ1v) is 10.4. The third kappa shape index (κ3) is 4.64. The third-order valence-electron chi connectivity index (χ3n) is 4.55. The number of rotatable bonds is 6. The number of hydrogen-bond acceptors (Lipinski definition) is 7. The van der Waals surface area contributed by atoms with Gasteiger partial charge in [-0.25, -0.2) is 4.39 Å². The highest BCUT2D eigenvalue weighted by Gasteiger charge is 2.19. The molecule has 0 bridgehead atoms. The molecule has 0 atom stereocenters. The SMILES string of the molecule is Cc1ccc(C)c(NC(=O)CSc2nnc(-c3nc(-c4ccc(F)cc4)no3)n2C)c1. The molecule has 2 aromatic carbocycles. The summed E-state index contributed by atoms with van der Waals surface area (Å²) in [6.45, 7) is 3.92. The first-order chi connectivity index (χ1) is 14.9. The standard InChI is InChI=1S/C21H19FN6O2S/c1-12-4-5-13(2)16(10-12)23-17(29)11-31-21-26-25-19(28(21)3)20-24-18(27-30-20)14-6-8-15(22)9-7-14/h4-10H,11H2,1-3H3,(H,23,29). The van der Waals surface area contributed by atoms with Gasteiger partial charge in [0, 0.05) is 18.3 Å². The van der Waals surface area contributed by atoms with Crippen LogP contribution in [-0.2, 0) is 11.8 Å². The van der Waals surface area contributed by atoms with Crippen molar-refractivity contribution in [1.29, 1.82) is 0 Å². The van der Waals surface area contributed by atoms with Crippen molar-refractivity contribution < 1.29 is 13.7 Å². The fraction of sp³-hybridized carbons (Fsp3) is 0.190. The first-order valence-electron chi connectivity index (χ1n) is 9.40. The fourth-order valence-corrected chi connectivity index (χ4v) is 3.56. The molecule has 0 radical (unpaired) electrons. The van der Waals surface area contributed by atoms with E-state index in [1.807, 2.05) is 32.0 Å². The number of anilines is 1. The van der Waals surface area contributed by atoms with Gasteiger partial charge in [-0.3, -0.25) is 4.79 Å². The van der Waals surface area contributed by atoms with E-state index in [0.29, 0.717) is 22.4 Å². The van der Waals surface area contributed by atoms with Gasteiger partial charge >= 0.3 is 0 Å². The summed E-state index contributed by atoms with van der Waals surface area (Å²) in [6, 6.07) is 11.7. The maximum atomic E-state index is 13.1. The van der Waals surface area contributed by atoms with Gasteiger partial charge in [-0.2, -0.15) is 4.98 Å². The lowest BCUT2D eigenvalue weighted by atomic mass is 10.1. The minimum Gasteiger partial charge on any atom is -0.330 e. The van der Waals surface area contributed by atoms with Crippen LogP contribution in [0.5, 0.6) is 0 Å². The Kier molecular flexibility index (Phi) is 5.81. The molecule has 1 amide bonds. The lowest BCUT2D eigenvalue weighted by Crippen LogP contribution is -2.15. The highest BCUT2D eigenvalue weighted by molar-refractivity contribution is 7.99. The van der Waals surface area contributed by atoms with Gasteiger partial charge in [0.05, 0.1) is 5.75 Å². The second-order valence-corrected chi connectivity index (χ2v) is 7.89. The zero-order valence-corrected chi connectivity index (χ0v) is 17.9. The Labute approximate surface area is 181 Å². The zero-order chi connectivity index (χ0) is 22.0. The van der Waals surface area contributed by atoms with E-state index in [1.165, 1.54) is 23.9 Å². The summed E-state index contributed by atoms with van der Waals surface area (Å²) in [5.74, 6) is 0.562. The molecule has 0 saturated heterocycles. The Bertz CT molecular complexity index is 1240. The van der Waals surface area contributed by atoms with E-state index >= 15 is 0 Å². The molecule has 0 aliphatic rings. The Morgan fingerprint density at radius 2 is 1.94 bits per heavy atom. The Morgan fingerprint density at radius 3 is 2.71 bits per heavy atom. The lowest BCUT2D eigenvalue weighted by molar-refractivity contribution is -0.113. The number of aromatic nitrogens is 5. The molecule has 0 fully saturated rings. The Balaban J connectivity index is 1.43. The van der Waals surface area contributed by atoms with Crippen LogP contribution in [0.4, 0.5) is 10.1 Å². The van der Waals surface area contributed by atoms with Gasteiger partial charge in [0.15, 0.2) is 5.16 Å². The van der Waals surface area contributed by atoms with Crippen LogP contribution in [-0.4, -0.2) is 36.6 Å². The number of benzene rings is 2. The number of aryl methyl sites for hydroxylation is 2. The van der Waals surface area contributed by atoms with Crippen LogP contribution < -0.4 is 5.32 Å². The molecular formula is C21H19FN6O2S. The molecule has 0 aliphatic carbocycles. The summed E-state index contributed by atoms with van der Waals surface area (Å²) < 4.78 is 20.1. The van der Waals surface area contributed by atoms with Gasteiger partial charge in [0.25, 0.3) is 5.89 Å². The maximum Gasteiger partial charge on any atom is 0.296 e. The minimum atomic E-state index is -0.343. The van der Waals surface area contributed by atoms with E-state index in [-0.39, 0.29) is 23.4 Å². The molecule has 2 heterocycles. The van der Waals surface area contributed by atoms with E-state index in [2.05, 4.69) is 25.7 Å². The summed E-state index contributed by atoms with van der Waals surface area (Å²) in [4.78, 5) is 16.7. The molecule has 0 saturated carbocycles. The molecular weight excluding hydrogens is 419 g/mol. The van der Waals surface area contributed by atoms with Crippen molar-refractivity contribution in [2.75, 3.05) is 11.1 Å². The Morgan fingerprint density at radius 1 is 1.16 bits per heavy atom. The van der Waals surface area contributed by atoms with Crippen LogP contribution in [0.3, 0.4) is 0 Å². The van der Waals surface area contributed by atoms with Crippen molar-refractivity contribution in [2.24, 2.45) is 7.05 Å². The van der Waals surface area contributed by atoms with Crippen LogP contribution in [0, 0.1) is 19.7 Å². The summed E-state index contributed by atoms with van der Waals surface area (Å²) in [5, 5.41) is 15.6. The number of thioether (sulfide) groups is 1. The van der Waals surface area contributed by atoms with Crippen molar-refractivity contribution in [3.8, 4) is 23.1 Å². The lowest BCUT2D eigenvalue weighted by Gasteiger charge is -2.09. The van der Waals surface area contributed by atoms with E-state index in [1.54, 1.807) is 23.7 Å². The monoisotopic (exact) mass is 438 g/mol. The van der Waals surface area contributed by atoms with Crippen LogP contribution in [0.2, 0.25) is 0 Å². The van der Waals surface area contributed by atoms with Crippen LogP contribution in [0.1, 0.15) is 11.1 Å². The van der Waals surface area contributed by atoms with Crippen LogP contribution in [0.25, 0.3) is 23.1 Å². The number of nitrogens with zero attached hydrogens (tertiary/aromatic N) is 5. The third-order valence-corrected chi connectivity index (χ3v) is 5.57. The van der Waals surface area contributed by atoms with E-state index in [4.69, 9.17) is 4.52 Å². The highest BCUT2D eigenvalue weighted by atomic mass is 32.2. The molecule has 31 heavy (non-hydrogen) atoms. The van der Waals surface area contributed by atoms with Gasteiger partial charge < -0.3 is 14.4 Å². The average Bonchev–Trinajstić information content (AvgIpc) is 3.36. The van der Waals surface area contributed by atoms with E-state index in [9.17, 15) is 9.18 Å². The van der Waals surface area contributed by atoms with Crippen LogP contribution >= 0.6 is 11.8 Å². The quantitative estimate of drug-likeness (QED) is 0.454. The smallest absolute Gasteiger partial charge is 0.296 e. The van der Waals surface area contributed by atoms with Crippen molar-refractivity contribution in [3.05, 3.63) is 59.4 Å². The molecule has 2 aromatic heterocycles. The molecule has 4 aromatic rings. The van der Waals surface area contributed by atoms with Gasteiger partial charge in [0.2, 0.25) is 17.6 Å². The molecule has 158 valence electrons. The molecule has 0 spiro atoms. The van der Waals surface area contributed by atoms with Gasteiger partial charge in [0.1, 0.15) is 5.82 Å². The second kappa shape index (κ2) is 8.68. The minimum absolute atomic E-state index is 0.139. The van der Waals surface area contributed by atoms with Crippen molar-refractivity contribution in [1.82, 2.24) is 24.9 Å². The van der Waals surface area contributed by atoms with Crippen molar-refractivity contribution in [3.63, 3.8) is 0 Å². The predicted octanol–water partition coefficient (Wildman–Crippen LogP) is 4.02. The van der Waals surface area contributed by atoms with Crippen molar-refractivity contribution >= 4 is 23.4 Å². The molecule has 10 heteroatoms. The van der Waals surface area contributed by atoms with Gasteiger partial charge in [-0.15, -0.1) is 10.2 Å². The summed E-state index contributed by atoms with van der Waals surface area (Å²) >= 11 is 1.25. The fourth-order valence-electron chi connectivity index (χ4n) is 2.84. The topological polar surface area (TPSA) is 98.7 Å². The molecule has 0 unspecified atom stereocenters. The summed E-state index contributed by atoms with van der Waals surface area (Å²) in [6.07, 6.45) is 0. The zero-order valence-electron chi connectivity index (χ0n) is 17.1. The second-order valence-electron chi connectivity index (χ2n) is 6.95. The maximum absolute atomic E-state index is 13.1. The Hall–Kier alpha value is -3.53. The normalized spacial score (nSPS) is 11.0. The number of carbonyl (C=O) groups excluding carboxylic acids is 1. The molecule has 0 aliphatic heterocycles. The first kappa shape index (κ1) is 20.7. The number of halogens is 1. The van der Waals surface area contributed by atoms with Gasteiger partial charge in [-0.05, 0) is 55.3 Å².